The molecule has 6 heteroatoms. The maximum absolute atomic E-state index is 12.7. The van der Waals surface area contributed by atoms with Gasteiger partial charge in [0.1, 0.15) is 11.6 Å². The maximum Gasteiger partial charge on any atom is 0.228 e. The van der Waals surface area contributed by atoms with Crippen LogP contribution in [0.25, 0.3) is 0 Å². The van der Waals surface area contributed by atoms with Gasteiger partial charge in [-0.3, -0.25) is 14.5 Å². The summed E-state index contributed by atoms with van der Waals surface area (Å²) in [6.45, 7) is 6.11. The van der Waals surface area contributed by atoms with Crippen molar-refractivity contribution in [2.75, 3.05) is 4.90 Å². The minimum atomic E-state index is -0.490. The smallest absolute Gasteiger partial charge is 0.228 e. The predicted octanol–water partition coefficient (Wildman–Crippen LogP) is 2.67. The van der Waals surface area contributed by atoms with Crippen molar-refractivity contribution in [1.29, 1.82) is 0 Å². The van der Waals surface area contributed by atoms with Crippen molar-refractivity contribution in [1.82, 2.24) is 10.1 Å². The van der Waals surface area contributed by atoms with Crippen LogP contribution in [0.2, 0.25) is 0 Å². The molecule has 1 aliphatic heterocycles. The molecule has 1 fully saturated rings. The summed E-state index contributed by atoms with van der Waals surface area (Å²) < 4.78 is 5.30. The van der Waals surface area contributed by atoms with Gasteiger partial charge >= 0.3 is 0 Å². The average Bonchev–Trinajstić information content (AvgIpc) is 3.14. The Kier molecular flexibility index (Phi) is 4.22. The number of aromatic nitrogens is 2. The monoisotopic (exact) mass is 327 g/mol. The Morgan fingerprint density at radius 1 is 1.38 bits per heavy atom. The lowest BCUT2D eigenvalue weighted by molar-refractivity contribution is -0.122. The Morgan fingerprint density at radius 2 is 2.17 bits per heavy atom. The zero-order valence-electron chi connectivity index (χ0n) is 14.2. The van der Waals surface area contributed by atoms with Crippen molar-refractivity contribution < 1.29 is 14.1 Å². The molecular formula is C18H21N3O3. The second kappa shape index (κ2) is 6.19. The van der Waals surface area contributed by atoms with E-state index in [9.17, 15) is 9.59 Å². The molecule has 24 heavy (non-hydrogen) atoms. The van der Waals surface area contributed by atoms with Gasteiger partial charge in [-0.25, -0.2) is 4.98 Å². The van der Waals surface area contributed by atoms with Gasteiger partial charge in [-0.1, -0.05) is 32.0 Å². The Labute approximate surface area is 140 Å². The number of hydrogen-bond acceptors (Lipinski definition) is 5. The molecule has 0 radical (unpaired) electrons. The summed E-state index contributed by atoms with van der Waals surface area (Å²) in [7, 11) is 0. The van der Waals surface area contributed by atoms with Crippen LogP contribution in [0, 0.1) is 0 Å². The third-order valence-electron chi connectivity index (χ3n) is 4.16. The van der Waals surface area contributed by atoms with Crippen LogP contribution in [0.15, 0.2) is 35.0 Å². The predicted molar refractivity (Wildman–Crippen MR) is 88.7 cm³/mol. The summed E-state index contributed by atoms with van der Waals surface area (Å²) in [5, 5.41) is 4.04. The van der Waals surface area contributed by atoms with Crippen molar-refractivity contribution in [2.24, 2.45) is 0 Å². The number of nitrogens with zero attached hydrogens (tertiary/aromatic N) is 3. The van der Waals surface area contributed by atoms with Crippen LogP contribution < -0.4 is 4.90 Å². The van der Waals surface area contributed by atoms with E-state index in [4.69, 9.17) is 4.52 Å². The van der Waals surface area contributed by atoms with Crippen LogP contribution in [0.3, 0.4) is 0 Å². The first-order valence-corrected chi connectivity index (χ1v) is 8.08. The molecule has 1 aliphatic rings. The minimum absolute atomic E-state index is 0.0527. The second-order valence-electron chi connectivity index (χ2n) is 7.08. The fraction of sp³-hybridized carbons (Fsp3) is 0.444. The Hall–Kier alpha value is -2.50. The SMILES string of the molecule is CC(C)(C)c1cc(CC(=O)[C@@H]2CCC(=O)N2c2ccccn2)on1. The normalized spacial score (nSPS) is 18.2. The molecule has 1 saturated heterocycles. The standard InChI is InChI=1S/C18H21N3O3/c1-18(2,3)15-11-12(24-20-15)10-14(22)13-7-8-17(23)21(13)16-6-4-5-9-19-16/h4-6,9,11,13H,7-8,10H2,1-3H3/t13-/m0/s1. The number of hydrogen-bond donors (Lipinski definition) is 0. The van der Waals surface area contributed by atoms with Gasteiger partial charge in [0.15, 0.2) is 5.78 Å². The average molecular weight is 327 g/mol. The van der Waals surface area contributed by atoms with Crippen molar-refractivity contribution in [3.05, 3.63) is 41.9 Å². The zero-order chi connectivity index (χ0) is 17.3. The fourth-order valence-corrected chi connectivity index (χ4v) is 2.81. The number of carbonyl (C=O) groups is 2. The lowest BCUT2D eigenvalue weighted by Crippen LogP contribution is -2.39. The largest absolute Gasteiger partial charge is 0.361 e. The van der Waals surface area contributed by atoms with E-state index < -0.39 is 6.04 Å². The first-order valence-electron chi connectivity index (χ1n) is 8.08. The lowest BCUT2D eigenvalue weighted by atomic mass is 9.92. The molecule has 1 amide bonds. The molecule has 1 atom stereocenters. The van der Waals surface area contributed by atoms with E-state index in [1.165, 1.54) is 4.90 Å². The van der Waals surface area contributed by atoms with Gasteiger partial charge < -0.3 is 4.52 Å². The molecule has 0 aliphatic carbocycles. The summed E-state index contributed by atoms with van der Waals surface area (Å²) in [6.07, 6.45) is 2.62. The summed E-state index contributed by atoms with van der Waals surface area (Å²) in [5.41, 5.74) is 0.683. The number of pyridine rings is 1. The lowest BCUT2D eigenvalue weighted by Gasteiger charge is -2.22. The van der Waals surface area contributed by atoms with E-state index in [0.29, 0.717) is 24.4 Å². The Balaban J connectivity index is 1.77. The molecule has 3 rings (SSSR count). The second-order valence-corrected chi connectivity index (χ2v) is 7.08. The van der Waals surface area contributed by atoms with Crippen LogP contribution in [-0.4, -0.2) is 27.9 Å². The van der Waals surface area contributed by atoms with Gasteiger partial charge in [-0.2, -0.15) is 0 Å². The van der Waals surface area contributed by atoms with Gasteiger partial charge in [0, 0.05) is 24.1 Å². The summed E-state index contributed by atoms with van der Waals surface area (Å²) in [4.78, 5) is 30.6. The van der Waals surface area contributed by atoms with Gasteiger partial charge in [0.2, 0.25) is 5.91 Å². The summed E-state index contributed by atoms with van der Waals surface area (Å²) in [6, 6.07) is 6.66. The molecule has 0 N–H and O–H groups in total. The molecule has 0 unspecified atom stereocenters. The van der Waals surface area contributed by atoms with E-state index in [1.807, 2.05) is 32.9 Å². The molecule has 0 spiro atoms. The third kappa shape index (κ3) is 3.22. The van der Waals surface area contributed by atoms with Crippen molar-refractivity contribution in [3.63, 3.8) is 0 Å². The van der Waals surface area contributed by atoms with Crippen LogP contribution >= 0.6 is 0 Å². The minimum Gasteiger partial charge on any atom is -0.361 e. The van der Waals surface area contributed by atoms with Crippen molar-refractivity contribution >= 4 is 17.5 Å². The molecule has 0 bridgehead atoms. The molecule has 0 saturated carbocycles. The van der Waals surface area contributed by atoms with E-state index in [1.54, 1.807) is 18.3 Å². The first-order chi connectivity index (χ1) is 11.4. The number of rotatable bonds is 4. The van der Waals surface area contributed by atoms with Gasteiger partial charge in [0.25, 0.3) is 0 Å². The van der Waals surface area contributed by atoms with Gasteiger partial charge in [-0.05, 0) is 18.6 Å². The topological polar surface area (TPSA) is 76.3 Å². The number of anilines is 1. The highest BCUT2D eigenvalue weighted by molar-refractivity contribution is 6.04. The third-order valence-corrected chi connectivity index (χ3v) is 4.16. The van der Waals surface area contributed by atoms with E-state index >= 15 is 0 Å². The summed E-state index contributed by atoms with van der Waals surface area (Å²) >= 11 is 0. The quantitative estimate of drug-likeness (QED) is 0.863. The van der Waals surface area contributed by atoms with Gasteiger partial charge in [-0.15, -0.1) is 0 Å². The summed E-state index contributed by atoms with van der Waals surface area (Å²) in [5.74, 6) is 0.930. The number of Topliss-reactive ketones (excluding diaryl/α,β-unsaturated/α-hetero) is 1. The molecule has 3 heterocycles. The van der Waals surface area contributed by atoms with E-state index in [0.717, 1.165) is 5.69 Å². The Morgan fingerprint density at radius 3 is 2.79 bits per heavy atom. The first kappa shape index (κ1) is 16.4. The van der Waals surface area contributed by atoms with Gasteiger partial charge in [0.05, 0.1) is 18.2 Å². The molecule has 2 aromatic heterocycles. The number of amides is 1. The van der Waals surface area contributed by atoms with Crippen LogP contribution in [-0.2, 0) is 21.4 Å². The van der Waals surface area contributed by atoms with E-state index in [-0.39, 0.29) is 23.5 Å². The maximum atomic E-state index is 12.7. The van der Waals surface area contributed by atoms with E-state index in [2.05, 4.69) is 10.1 Å². The Bertz CT molecular complexity index is 746. The molecular weight excluding hydrogens is 306 g/mol. The number of carbonyl (C=O) groups excluding carboxylic acids is 2. The molecule has 126 valence electrons. The highest BCUT2D eigenvalue weighted by atomic mass is 16.5. The van der Waals surface area contributed by atoms with Crippen molar-refractivity contribution in [2.45, 2.75) is 51.5 Å². The highest BCUT2D eigenvalue weighted by Crippen LogP contribution is 2.27. The molecule has 2 aromatic rings. The fourth-order valence-electron chi connectivity index (χ4n) is 2.81. The molecule has 0 aromatic carbocycles. The molecule has 6 nitrogen and oxygen atoms in total. The van der Waals surface area contributed by atoms with Crippen molar-refractivity contribution in [3.8, 4) is 0 Å². The zero-order valence-corrected chi connectivity index (χ0v) is 14.2. The number of ketones is 1. The highest BCUT2D eigenvalue weighted by Gasteiger charge is 2.37. The van der Waals surface area contributed by atoms with Crippen LogP contribution in [0.1, 0.15) is 45.1 Å². The van der Waals surface area contributed by atoms with Crippen LogP contribution in [0.4, 0.5) is 5.82 Å². The van der Waals surface area contributed by atoms with Crippen LogP contribution in [0.5, 0.6) is 0 Å².